The van der Waals surface area contributed by atoms with Gasteiger partial charge in [-0.2, -0.15) is 0 Å². The van der Waals surface area contributed by atoms with Crippen molar-refractivity contribution in [2.24, 2.45) is 0 Å². The van der Waals surface area contributed by atoms with Crippen molar-refractivity contribution >= 4 is 0 Å². The molecule has 0 aromatic carbocycles. The van der Waals surface area contributed by atoms with Crippen molar-refractivity contribution in [3.8, 4) is 0 Å². The highest BCUT2D eigenvalue weighted by Gasteiger charge is 2.38. The molecular weight excluding hydrogens is 150 g/mol. The third kappa shape index (κ3) is 2.46. The molecule has 1 saturated heterocycles. The molecule has 1 heterocycles. The number of hydrogen-bond acceptors (Lipinski definition) is 2. The molecule has 2 nitrogen and oxygen atoms in total. The summed E-state index contributed by atoms with van der Waals surface area (Å²) in [5.74, 6) is 0. The molecule has 1 fully saturated rings. The zero-order valence-electron chi connectivity index (χ0n) is 8.90. The summed E-state index contributed by atoms with van der Waals surface area (Å²) in [6.07, 6.45) is 2.21. The molecule has 1 aliphatic heterocycles. The van der Waals surface area contributed by atoms with Crippen LogP contribution in [0.5, 0.6) is 0 Å². The summed E-state index contributed by atoms with van der Waals surface area (Å²) in [7, 11) is 2.03. The normalized spacial score (nSPS) is 28.8. The third-order valence-corrected chi connectivity index (χ3v) is 2.44. The fourth-order valence-electron chi connectivity index (χ4n) is 2.29. The van der Waals surface area contributed by atoms with Crippen LogP contribution in [0.3, 0.4) is 0 Å². The summed E-state index contributed by atoms with van der Waals surface area (Å²) >= 11 is 0. The topological polar surface area (TPSA) is 21.3 Å². The van der Waals surface area contributed by atoms with Crippen molar-refractivity contribution in [2.45, 2.75) is 57.8 Å². The number of nitrogens with one attached hydrogen (secondary N) is 1. The van der Waals surface area contributed by atoms with Gasteiger partial charge in [-0.05, 0) is 47.6 Å². The molecule has 0 aromatic heterocycles. The van der Waals surface area contributed by atoms with Crippen LogP contribution < -0.4 is 5.32 Å². The summed E-state index contributed by atoms with van der Waals surface area (Å²) in [6.45, 7) is 8.66. The van der Waals surface area contributed by atoms with E-state index in [1.807, 2.05) is 7.05 Å². The van der Waals surface area contributed by atoms with E-state index < -0.39 is 0 Å². The second-order valence-corrected chi connectivity index (χ2v) is 5.02. The molecule has 0 aromatic rings. The van der Waals surface area contributed by atoms with Gasteiger partial charge in [0.2, 0.25) is 0 Å². The molecule has 1 aliphatic rings. The molecule has 1 N–H and O–H groups in total. The van der Waals surface area contributed by atoms with Crippen molar-refractivity contribution in [3.63, 3.8) is 0 Å². The Morgan fingerprint density at radius 1 is 1.08 bits per heavy atom. The van der Waals surface area contributed by atoms with Gasteiger partial charge in [-0.1, -0.05) is 0 Å². The second kappa shape index (κ2) is 3.00. The zero-order chi connectivity index (χ0) is 9.41. The van der Waals surface area contributed by atoms with Crippen LogP contribution in [0.4, 0.5) is 0 Å². The maximum absolute atomic E-state index is 5.95. The molecular formula is C10H21NO. The molecule has 0 saturated carbocycles. The molecule has 0 atom stereocenters. The van der Waals surface area contributed by atoms with E-state index in [4.69, 9.17) is 4.74 Å². The monoisotopic (exact) mass is 171 g/mol. The van der Waals surface area contributed by atoms with Gasteiger partial charge < -0.3 is 10.1 Å². The SMILES string of the molecule is CNC1CC(C)(C)OC(C)(C)C1. The Labute approximate surface area is 75.7 Å². The fraction of sp³-hybridized carbons (Fsp3) is 1.00. The van der Waals surface area contributed by atoms with Crippen LogP contribution in [0.15, 0.2) is 0 Å². The maximum Gasteiger partial charge on any atom is 0.0648 e. The van der Waals surface area contributed by atoms with Gasteiger partial charge in [0, 0.05) is 6.04 Å². The quantitative estimate of drug-likeness (QED) is 0.651. The Balaban J connectivity index is 2.66. The first-order chi connectivity index (χ1) is 5.35. The first kappa shape index (κ1) is 10.0. The van der Waals surface area contributed by atoms with Gasteiger partial charge in [0.1, 0.15) is 0 Å². The van der Waals surface area contributed by atoms with Gasteiger partial charge in [-0.3, -0.25) is 0 Å². The van der Waals surface area contributed by atoms with Crippen molar-refractivity contribution in [3.05, 3.63) is 0 Å². The van der Waals surface area contributed by atoms with Gasteiger partial charge in [0.25, 0.3) is 0 Å². The first-order valence-corrected chi connectivity index (χ1v) is 4.72. The van der Waals surface area contributed by atoms with E-state index in [1.165, 1.54) is 0 Å². The number of ether oxygens (including phenoxy) is 1. The Morgan fingerprint density at radius 2 is 1.50 bits per heavy atom. The maximum atomic E-state index is 5.95. The summed E-state index contributed by atoms with van der Waals surface area (Å²) in [6, 6.07) is 0.601. The molecule has 0 aliphatic carbocycles. The van der Waals surface area contributed by atoms with Crippen LogP contribution in [-0.4, -0.2) is 24.3 Å². The van der Waals surface area contributed by atoms with E-state index in [9.17, 15) is 0 Å². The van der Waals surface area contributed by atoms with Gasteiger partial charge in [-0.25, -0.2) is 0 Å². The van der Waals surface area contributed by atoms with Crippen molar-refractivity contribution < 1.29 is 4.74 Å². The molecule has 1 rings (SSSR count). The number of rotatable bonds is 1. The highest BCUT2D eigenvalue weighted by Crippen LogP contribution is 2.34. The number of hydrogen-bond donors (Lipinski definition) is 1. The Kier molecular flexibility index (Phi) is 2.50. The Morgan fingerprint density at radius 3 is 1.83 bits per heavy atom. The van der Waals surface area contributed by atoms with Gasteiger partial charge in [0.15, 0.2) is 0 Å². The highest BCUT2D eigenvalue weighted by atomic mass is 16.5. The van der Waals surface area contributed by atoms with E-state index in [-0.39, 0.29) is 11.2 Å². The van der Waals surface area contributed by atoms with E-state index in [2.05, 4.69) is 33.0 Å². The average molecular weight is 171 g/mol. The van der Waals surface area contributed by atoms with E-state index >= 15 is 0 Å². The van der Waals surface area contributed by atoms with Gasteiger partial charge in [-0.15, -0.1) is 0 Å². The predicted octanol–water partition coefficient (Wildman–Crippen LogP) is 1.94. The van der Waals surface area contributed by atoms with Crippen molar-refractivity contribution in [2.75, 3.05) is 7.05 Å². The molecule has 2 heteroatoms. The molecule has 0 radical (unpaired) electrons. The largest absolute Gasteiger partial charge is 0.370 e. The average Bonchev–Trinajstić information content (AvgIpc) is 1.80. The standard InChI is InChI=1S/C10H21NO/c1-9(2)6-8(11-5)7-10(3,4)12-9/h8,11H,6-7H2,1-5H3. The van der Waals surface area contributed by atoms with E-state index in [1.54, 1.807) is 0 Å². The zero-order valence-corrected chi connectivity index (χ0v) is 8.90. The minimum atomic E-state index is 0.0232. The minimum absolute atomic E-state index is 0.0232. The van der Waals surface area contributed by atoms with Crippen LogP contribution in [0.1, 0.15) is 40.5 Å². The van der Waals surface area contributed by atoms with E-state index in [0.29, 0.717) is 6.04 Å². The van der Waals surface area contributed by atoms with Crippen molar-refractivity contribution in [1.29, 1.82) is 0 Å². The molecule has 72 valence electrons. The van der Waals surface area contributed by atoms with Crippen LogP contribution in [0.25, 0.3) is 0 Å². The molecule has 12 heavy (non-hydrogen) atoms. The second-order valence-electron chi connectivity index (χ2n) is 5.02. The Hall–Kier alpha value is -0.0800. The lowest BCUT2D eigenvalue weighted by Crippen LogP contribution is -2.51. The summed E-state index contributed by atoms with van der Waals surface area (Å²) in [5, 5.41) is 3.34. The van der Waals surface area contributed by atoms with Crippen LogP contribution in [0, 0.1) is 0 Å². The Bertz CT molecular complexity index is 147. The lowest BCUT2D eigenvalue weighted by atomic mass is 9.85. The van der Waals surface area contributed by atoms with Crippen LogP contribution in [-0.2, 0) is 4.74 Å². The predicted molar refractivity (Wildman–Crippen MR) is 51.3 cm³/mol. The lowest BCUT2D eigenvalue weighted by molar-refractivity contribution is -0.163. The highest BCUT2D eigenvalue weighted by molar-refractivity contribution is 4.91. The van der Waals surface area contributed by atoms with Gasteiger partial charge in [0.05, 0.1) is 11.2 Å². The van der Waals surface area contributed by atoms with E-state index in [0.717, 1.165) is 12.8 Å². The molecule has 0 amide bonds. The summed E-state index contributed by atoms with van der Waals surface area (Å²) in [5.41, 5.74) is 0.0465. The molecule has 0 spiro atoms. The van der Waals surface area contributed by atoms with Crippen LogP contribution in [0.2, 0.25) is 0 Å². The van der Waals surface area contributed by atoms with Gasteiger partial charge >= 0.3 is 0 Å². The lowest BCUT2D eigenvalue weighted by Gasteiger charge is -2.45. The fourth-order valence-corrected chi connectivity index (χ4v) is 2.29. The molecule has 0 bridgehead atoms. The minimum Gasteiger partial charge on any atom is -0.370 e. The molecule has 0 unspecified atom stereocenters. The summed E-state index contributed by atoms with van der Waals surface area (Å²) in [4.78, 5) is 0. The first-order valence-electron chi connectivity index (χ1n) is 4.72. The van der Waals surface area contributed by atoms with Crippen molar-refractivity contribution in [1.82, 2.24) is 5.32 Å². The smallest absolute Gasteiger partial charge is 0.0648 e. The van der Waals surface area contributed by atoms with Crippen LogP contribution >= 0.6 is 0 Å². The summed E-state index contributed by atoms with van der Waals surface area (Å²) < 4.78 is 5.95. The third-order valence-electron chi connectivity index (χ3n) is 2.44.